The number of aryl methyl sites for hydroxylation is 1. The normalized spacial score (nSPS) is 20.8. The molecule has 3 heterocycles. The van der Waals surface area contributed by atoms with Crippen molar-refractivity contribution in [3.05, 3.63) is 11.3 Å². The number of likely N-dealkylation sites (tertiary alicyclic amines) is 1. The summed E-state index contributed by atoms with van der Waals surface area (Å²) in [5, 5.41) is 8.05. The number of fused-ring (bicyclic) bond motifs is 1. The number of piperidine rings is 1. The average Bonchev–Trinajstić information content (AvgIpc) is 2.87. The van der Waals surface area contributed by atoms with Gasteiger partial charge in [0.2, 0.25) is 0 Å². The molecule has 0 atom stereocenters. The molecule has 1 fully saturated rings. The van der Waals surface area contributed by atoms with Crippen LogP contribution in [0, 0.1) is 0 Å². The van der Waals surface area contributed by atoms with E-state index in [1.807, 2.05) is 11.7 Å². The Balaban J connectivity index is 1.76. The molecule has 3 rings (SSSR count). The molecule has 4 nitrogen and oxygen atoms in total. The van der Waals surface area contributed by atoms with Crippen LogP contribution in [0.4, 0.5) is 5.82 Å². The van der Waals surface area contributed by atoms with Gasteiger partial charge in [-0.3, -0.25) is 9.58 Å². The van der Waals surface area contributed by atoms with Gasteiger partial charge >= 0.3 is 0 Å². The SMILES string of the molecule is Cn1nc(CN2CCCCC2)c2c1NCC2. The summed E-state index contributed by atoms with van der Waals surface area (Å²) in [6.07, 6.45) is 5.26. The van der Waals surface area contributed by atoms with Gasteiger partial charge in [0, 0.05) is 25.7 Å². The maximum Gasteiger partial charge on any atom is 0.127 e. The van der Waals surface area contributed by atoms with E-state index in [1.54, 1.807) is 0 Å². The molecule has 0 bridgehead atoms. The smallest absolute Gasteiger partial charge is 0.127 e. The monoisotopic (exact) mass is 220 g/mol. The fourth-order valence-corrected chi connectivity index (χ4v) is 2.87. The summed E-state index contributed by atoms with van der Waals surface area (Å²) >= 11 is 0. The third kappa shape index (κ3) is 1.71. The molecule has 2 aliphatic heterocycles. The lowest BCUT2D eigenvalue weighted by atomic mass is 10.1. The van der Waals surface area contributed by atoms with Gasteiger partial charge in [0.25, 0.3) is 0 Å². The predicted octanol–water partition coefficient (Wildman–Crippen LogP) is 1.37. The molecule has 4 heteroatoms. The molecule has 0 unspecified atom stereocenters. The van der Waals surface area contributed by atoms with E-state index in [1.165, 1.54) is 49.4 Å². The van der Waals surface area contributed by atoms with Crippen molar-refractivity contribution in [3.8, 4) is 0 Å². The highest BCUT2D eigenvalue weighted by atomic mass is 15.3. The number of hydrogen-bond donors (Lipinski definition) is 1. The first kappa shape index (κ1) is 10.1. The fraction of sp³-hybridized carbons (Fsp3) is 0.750. The summed E-state index contributed by atoms with van der Waals surface area (Å²) in [6.45, 7) is 4.62. The van der Waals surface area contributed by atoms with Gasteiger partial charge in [0.15, 0.2) is 0 Å². The van der Waals surface area contributed by atoms with Gasteiger partial charge in [-0.1, -0.05) is 6.42 Å². The second-order valence-corrected chi connectivity index (χ2v) is 4.91. The summed E-state index contributed by atoms with van der Waals surface area (Å²) in [5.41, 5.74) is 2.75. The van der Waals surface area contributed by atoms with Gasteiger partial charge in [-0.05, 0) is 32.4 Å². The van der Waals surface area contributed by atoms with Crippen LogP contribution in [0.15, 0.2) is 0 Å². The van der Waals surface area contributed by atoms with Gasteiger partial charge in [-0.25, -0.2) is 0 Å². The maximum absolute atomic E-state index is 4.64. The van der Waals surface area contributed by atoms with Gasteiger partial charge in [-0.2, -0.15) is 5.10 Å². The zero-order chi connectivity index (χ0) is 11.0. The van der Waals surface area contributed by atoms with Crippen LogP contribution in [0.3, 0.4) is 0 Å². The molecule has 0 radical (unpaired) electrons. The molecule has 88 valence electrons. The number of rotatable bonds is 2. The second kappa shape index (κ2) is 4.09. The molecule has 16 heavy (non-hydrogen) atoms. The molecule has 0 aliphatic carbocycles. The highest BCUT2D eigenvalue weighted by Crippen LogP contribution is 2.26. The Morgan fingerprint density at radius 3 is 2.88 bits per heavy atom. The molecular weight excluding hydrogens is 200 g/mol. The molecule has 1 aromatic heterocycles. The molecule has 0 amide bonds. The van der Waals surface area contributed by atoms with Crippen LogP contribution in [-0.2, 0) is 20.0 Å². The first-order valence-electron chi connectivity index (χ1n) is 6.35. The molecule has 0 aromatic carbocycles. The van der Waals surface area contributed by atoms with Crippen molar-refractivity contribution in [3.63, 3.8) is 0 Å². The average molecular weight is 220 g/mol. The zero-order valence-corrected chi connectivity index (χ0v) is 10.00. The number of nitrogens with one attached hydrogen (secondary N) is 1. The standard InChI is InChI=1S/C12H20N4/c1-15-12-10(5-6-13-12)11(14-15)9-16-7-3-2-4-8-16/h13H,2-9H2,1H3. The first-order valence-corrected chi connectivity index (χ1v) is 6.35. The Kier molecular flexibility index (Phi) is 2.59. The summed E-state index contributed by atoms with van der Waals surface area (Å²) in [4.78, 5) is 2.55. The Morgan fingerprint density at radius 2 is 2.06 bits per heavy atom. The summed E-state index contributed by atoms with van der Waals surface area (Å²) in [7, 11) is 2.04. The van der Waals surface area contributed by atoms with E-state index in [0.29, 0.717) is 0 Å². The molecule has 1 aromatic rings. The highest BCUT2D eigenvalue weighted by molar-refractivity contribution is 5.52. The van der Waals surface area contributed by atoms with Crippen LogP contribution in [0.25, 0.3) is 0 Å². The highest BCUT2D eigenvalue weighted by Gasteiger charge is 2.22. The Morgan fingerprint density at radius 1 is 1.25 bits per heavy atom. The van der Waals surface area contributed by atoms with Crippen LogP contribution in [0.5, 0.6) is 0 Å². The summed E-state index contributed by atoms with van der Waals surface area (Å²) < 4.78 is 2.00. The summed E-state index contributed by atoms with van der Waals surface area (Å²) in [6, 6.07) is 0. The minimum Gasteiger partial charge on any atom is -0.370 e. The quantitative estimate of drug-likeness (QED) is 0.817. The number of hydrogen-bond acceptors (Lipinski definition) is 3. The lowest BCUT2D eigenvalue weighted by molar-refractivity contribution is 0.217. The van der Waals surface area contributed by atoms with Crippen LogP contribution >= 0.6 is 0 Å². The molecule has 0 saturated carbocycles. The molecule has 1 N–H and O–H groups in total. The minimum absolute atomic E-state index is 1.05. The largest absolute Gasteiger partial charge is 0.370 e. The fourth-order valence-electron chi connectivity index (χ4n) is 2.87. The van der Waals surface area contributed by atoms with Crippen LogP contribution in [0.2, 0.25) is 0 Å². The zero-order valence-electron chi connectivity index (χ0n) is 10.00. The number of nitrogens with zero attached hydrogens (tertiary/aromatic N) is 3. The van der Waals surface area contributed by atoms with E-state index in [9.17, 15) is 0 Å². The van der Waals surface area contributed by atoms with Gasteiger partial charge in [0.05, 0.1) is 5.69 Å². The van der Waals surface area contributed by atoms with E-state index in [-0.39, 0.29) is 0 Å². The molecule has 2 aliphatic rings. The lowest BCUT2D eigenvalue weighted by Gasteiger charge is -2.25. The summed E-state index contributed by atoms with van der Waals surface area (Å²) in [5.74, 6) is 1.24. The first-order chi connectivity index (χ1) is 7.84. The third-order valence-corrected chi connectivity index (χ3v) is 3.72. The van der Waals surface area contributed by atoms with Crippen LogP contribution in [0.1, 0.15) is 30.5 Å². The van der Waals surface area contributed by atoms with Gasteiger partial charge < -0.3 is 5.32 Å². The maximum atomic E-state index is 4.64. The van der Waals surface area contributed by atoms with Crippen molar-refractivity contribution in [1.29, 1.82) is 0 Å². The minimum atomic E-state index is 1.05. The molecule has 0 spiro atoms. The molecular formula is C12H20N4. The Hall–Kier alpha value is -1.03. The third-order valence-electron chi connectivity index (χ3n) is 3.72. The Bertz CT molecular complexity index is 377. The number of anilines is 1. The second-order valence-electron chi connectivity index (χ2n) is 4.91. The predicted molar refractivity (Wildman–Crippen MR) is 64.5 cm³/mol. The van der Waals surface area contributed by atoms with E-state index in [0.717, 1.165) is 19.5 Å². The lowest BCUT2D eigenvalue weighted by Crippen LogP contribution is -2.29. The van der Waals surface area contributed by atoms with Crippen molar-refractivity contribution in [2.24, 2.45) is 7.05 Å². The van der Waals surface area contributed by atoms with Crippen molar-refractivity contribution < 1.29 is 0 Å². The van der Waals surface area contributed by atoms with E-state index in [2.05, 4.69) is 15.3 Å². The van der Waals surface area contributed by atoms with Crippen molar-refractivity contribution in [2.45, 2.75) is 32.2 Å². The number of aromatic nitrogens is 2. The van der Waals surface area contributed by atoms with E-state index >= 15 is 0 Å². The van der Waals surface area contributed by atoms with Crippen molar-refractivity contribution in [1.82, 2.24) is 14.7 Å². The van der Waals surface area contributed by atoms with Crippen molar-refractivity contribution in [2.75, 3.05) is 25.0 Å². The van der Waals surface area contributed by atoms with Crippen LogP contribution in [-0.4, -0.2) is 34.3 Å². The van der Waals surface area contributed by atoms with Gasteiger partial charge in [-0.15, -0.1) is 0 Å². The van der Waals surface area contributed by atoms with Crippen molar-refractivity contribution >= 4 is 5.82 Å². The van der Waals surface area contributed by atoms with Crippen LogP contribution < -0.4 is 5.32 Å². The van der Waals surface area contributed by atoms with E-state index < -0.39 is 0 Å². The Labute approximate surface area is 96.6 Å². The van der Waals surface area contributed by atoms with Gasteiger partial charge in [0.1, 0.15) is 5.82 Å². The topological polar surface area (TPSA) is 33.1 Å². The molecule has 1 saturated heterocycles. The van der Waals surface area contributed by atoms with E-state index in [4.69, 9.17) is 0 Å².